The molecule has 1 aliphatic rings. The summed E-state index contributed by atoms with van der Waals surface area (Å²) in [7, 11) is 0. The Balaban J connectivity index is 1.78. The molecule has 1 fully saturated rings. The monoisotopic (exact) mass is 305 g/mol. The van der Waals surface area contributed by atoms with Crippen LogP contribution in [-0.2, 0) is 25.7 Å². The first-order valence-corrected chi connectivity index (χ1v) is 7.05. The first-order chi connectivity index (χ1) is 10.6. The molecule has 0 radical (unpaired) electrons. The number of rotatable bonds is 5. The lowest BCUT2D eigenvalue weighted by Crippen LogP contribution is -2.54. The molecule has 0 unspecified atom stereocenters. The van der Waals surface area contributed by atoms with E-state index < -0.39 is 5.97 Å². The topological polar surface area (TPSA) is 92.9 Å². The molecule has 0 aromatic heterocycles. The number of carbonyl (C=O) groups excluding carboxylic acids is 3. The molecule has 7 heteroatoms. The standard InChI is InChI=1S/C15H19N3O4/c16-8-13(19)17-6-7-18(14(20)9-17)10-15(21)22-11-12-4-2-1-3-5-12/h1-5H,6-11,16H2. The van der Waals surface area contributed by atoms with Crippen LogP contribution in [0.4, 0.5) is 0 Å². The zero-order valence-electron chi connectivity index (χ0n) is 12.2. The van der Waals surface area contributed by atoms with Crippen molar-refractivity contribution in [1.82, 2.24) is 9.80 Å². The Morgan fingerprint density at radius 1 is 1.18 bits per heavy atom. The van der Waals surface area contributed by atoms with Crippen LogP contribution in [0.15, 0.2) is 30.3 Å². The van der Waals surface area contributed by atoms with Crippen LogP contribution in [0.2, 0.25) is 0 Å². The number of benzene rings is 1. The van der Waals surface area contributed by atoms with Crippen molar-refractivity contribution < 1.29 is 19.1 Å². The van der Waals surface area contributed by atoms with Crippen molar-refractivity contribution in [1.29, 1.82) is 0 Å². The van der Waals surface area contributed by atoms with E-state index in [1.165, 1.54) is 9.80 Å². The van der Waals surface area contributed by atoms with Gasteiger partial charge in [0.05, 0.1) is 13.1 Å². The number of amides is 2. The number of ether oxygens (including phenoxy) is 1. The minimum Gasteiger partial charge on any atom is -0.459 e. The van der Waals surface area contributed by atoms with E-state index in [4.69, 9.17) is 10.5 Å². The minimum absolute atomic E-state index is 0.0397. The number of piperazine rings is 1. The SMILES string of the molecule is NCC(=O)N1CCN(CC(=O)OCc2ccccc2)C(=O)C1. The molecule has 22 heavy (non-hydrogen) atoms. The van der Waals surface area contributed by atoms with E-state index in [-0.39, 0.29) is 38.1 Å². The molecule has 0 spiro atoms. The first-order valence-electron chi connectivity index (χ1n) is 7.05. The molecule has 0 saturated carbocycles. The molecular formula is C15H19N3O4. The Kier molecular flexibility index (Phi) is 5.48. The van der Waals surface area contributed by atoms with Crippen molar-refractivity contribution in [3.05, 3.63) is 35.9 Å². The van der Waals surface area contributed by atoms with Gasteiger partial charge in [0.25, 0.3) is 0 Å². The van der Waals surface area contributed by atoms with Crippen molar-refractivity contribution in [2.24, 2.45) is 5.73 Å². The van der Waals surface area contributed by atoms with Gasteiger partial charge in [-0.1, -0.05) is 30.3 Å². The third kappa shape index (κ3) is 4.29. The van der Waals surface area contributed by atoms with Crippen molar-refractivity contribution in [2.45, 2.75) is 6.61 Å². The number of carbonyl (C=O) groups is 3. The molecular weight excluding hydrogens is 286 g/mol. The number of hydrogen-bond acceptors (Lipinski definition) is 5. The molecule has 0 bridgehead atoms. The fourth-order valence-corrected chi connectivity index (χ4v) is 2.16. The molecule has 2 rings (SSSR count). The summed E-state index contributed by atoms with van der Waals surface area (Å²) in [5.74, 6) is -1.000. The molecule has 2 N–H and O–H groups in total. The van der Waals surface area contributed by atoms with E-state index in [9.17, 15) is 14.4 Å². The normalized spacial score (nSPS) is 14.9. The molecule has 0 atom stereocenters. The van der Waals surface area contributed by atoms with Crippen molar-refractivity contribution in [2.75, 3.05) is 32.7 Å². The van der Waals surface area contributed by atoms with E-state index in [1.54, 1.807) is 0 Å². The third-order valence-electron chi connectivity index (χ3n) is 3.41. The Hall–Kier alpha value is -2.41. The maximum absolute atomic E-state index is 11.9. The van der Waals surface area contributed by atoms with Gasteiger partial charge in [-0.25, -0.2) is 0 Å². The molecule has 7 nitrogen and oxygen atoms in total. The summed E-state index contributed by atoms with van der Waals surface area (Å²) < 4.78 is 5.14. The van der Waals surface area contributed by atoms with Gasteiger partial charge in [0.1, 0.15) is 13.2 Å². The van der Waals surface area contributed by atoms with Crippen LogP contribution in [0.1, 0.15) is 5.56 Å². The summed E-state index contributed by atoms with van der Waals surface area (Å²) in [6, 6.07) is 9.32. The maximum atomic E-state index is 11.9. The Morgan fingerprint density at radius 3 is 2.55 bits per heavy atom. The Bertz CT molecular complexity index is 547. The lowest BCUT2D eigenvalue weighted by atomic mass is 10.2. The van der Waals surface area contributed by atoms with Gasteiger partial charge in [-0.3, -0.25) is 14.4 Å². The summed E-state index contributed by atoms with van der Waals surface area (Å²) in [5.41, 5.74) is 6.16. The van der Waals surface area contributed by atoms with Gasteiger partial charge >= 0.3 is 5.97 Å². The second-order valence-corrected chi connectivity index (χ2v) is 4.98. The minimum atomic E-state index is -0.462. The third-order valence-corrected chi connectivity index (χ3v) is 3.41. The molecule has 1 aromatic rings. The van der Waals surface area contributed by atoms with Crippen molar-refractivity contribution in [3.63, 3.8) is 0 Å². The molecule has 2 amide bonds. The van der Waals surface area contributed by atoms with Crippen LogP contribution in [0.3, 0.4) is 0 Å². The number of hydrogen-bond donors (Lipinski definition) is 1. The molecule has 118 valence electrons. The molecule has 0 aliphatic carbocycles. The highest BCUT2D eigenvalue weighted by Gasteiger charge is 2.27. The van der Waals surface area contributed by atoms with E-state index in [2.05, 4.69) is 0 Å². The zero-order valence-corrected chi connectivity index (χ0v) is 12.2. The Labute approximate surface area is 128 Å². The highest BCUT2D eigenvalue weighted by molar-refractivity contribution is 5.88. The van der Waals surface area contributed by atoms with Crippen LogP contribution < -0.4 is 5.73 Å². The van der Waals surface area contributed by atoms with Crippen molar-refractivity contribution >= 4 is 17.8 Å². The predicted molar refractivity (Wildman–Crippen MR) is 78.5 cm³/mol. The van der Waals surface area contributed by atoms with Crippen LogP contribution in [-0.4, -0.2) is 60.3 Å². The summed E-state index contributed by atoms with van der Waals surface area (Å²) in [4.78, 5) is 37.9. The van der Waals surface area contributed by atoms with Crippen LogP contribution in [0.5, 0.6) is 0 Å². The smallest absolute Gasteiger partial charge is 0.325 e. The highest BCUT2D eigenvalue weighted by Crippen LogP contribution is 2.05. The van der Waals surface area contributed by atoms with E-state index in [0.717, 1.165) is 5.56 Å². The van der Waals surface area contributed by atoms with Gasteiger partial charge in [-0.05, 0) is 5.56 Å². The number of nitrogens with zero attached hydrogens (tertiary/aromatic N) is 2. The summed E-state index contributed by atoms with van der Waals surface area (Å²) in [5, 5.41) is 0. The zero-order chi connectivity index (χ0) is 15.9. The van der Waals surface area contributed by atoms with Crippen LogP contribution >= 0.6 is 0 Å². The van der Waals surface area contributed by atoms with Gasteiger partial charge in [0, 0.05) is 13.1 Å². The van der Waals surface area contributed by atoms with E-state index in [1.807, 2.05) is 30.3 Å². The second kappa shape index (κ2) is 7.56. The van der Waals surface area contributed by atoms with Gasteiger partial charge in [-0.15, -0.1) is 0 Å². The van der Waals surface area contributed by atoms with Crippen molar-refractivity contribution in [3.8, 4) is 0 Å². The fourth-order valence-electron chi connectivity index (χ4n) is 2.16. The summed E-state index contributed by atoms with van der Waals surface area (Å²) in [6.45, 7) is 0.614. The van der Waals surface area contributed by atoms with Gasteiger partial charge in [-0.2, -0.15) is 0 Å². The highest BCUT2D eigenvalue weighted by atomic mass is 16.5. The summed E-state index contributed by atoms with van der Waals surface area (Å²) >= 11 is 0. The second-order valence-electron chi connectivity index (χ2n) is 4.98. The van der Waals surface area contributed by atoms with Crippen LogP contribution in [0, 0.1) is 0 Å². The van der Waals surface area contributed by atoms with E-state index >= 15 is 0 Å². The quantitative estimate of drug-likeness (QED) is 0.730. The van der Waals surface area contributed by atoms with Gasteiger partial charge < -0.3 is 20.3 Å². The van der Waals surface area contributed by atoms with Gasteiger partial charge in [0.15, 0.2) is 0 Å². The largest absolute Gasteiger partial charge is 0.459 e. The molecule has 1 aliphatic heterocycles. The fraction of sp³-hybridized carbons (Fsp3) is 0.400. The number of esters is 1. The summed E-state index contributed by atoms with van der Waals surface area (Å²) in [6.07, 6.45) is 0. The molecule has 1 saturated heterocycles. The molecule has 1 heterocycles. The lowest BCUT2D eigenvalue weighted by molar-refractivity contribution is -0.153. The van der Waals surface area contributed by atoms with E-state index in [0.29, 0.717) is 13.1 Å². The lowest BCUT2D eigenvalue weighted by Gasteiger charge is -2.33. The first kappa shape index (κ1) is 16.0. The predicted octanol–water partition coefficient (Wildman–Crippen LogP) is -0.641. The Morgan fingerprint density at radius 2 is 1.91 bits per heavy atom. The maximum Gasteiger partial charge on any atom is 0.325 e. The molecule has 1 aromatic carbocycles. The average molecular weight is 305 g/mol. The average Bonchev–Trinajstić information content (AvgIpc) is 2.55. The number of nitrogens with two attached hydrogens (primary N) is 1. The van der Waals surface area contributed by atoms with Crippen LogP contribution in [0.25, 0.3) is 0 Å². The van der Waals surface area contributed by atoms with Gasteiger partial charge in [0.2, 0.25) is 11.8 Å².